The summed E-state index contributed by atoms with van der Waals surface area (Å²) in [6, 6.07) is 13.6. The number of hydrogen-bond acceptors (Lipinski definition) is 1. The summed E-state index contributed by atoms with van der Waals surface area (Å²) in [5.41, 5.74) is 10.1. The highest BCUT2D eigenvalue weighted by Crippen LogP contribution is 2.31. The van der Waals surface area contributed by atoms with E-state index < -0.39 is 5.91 Å². The minimum absolute atomic E-state index is 0.405. The summed E-state index contributed by atoms with van der Waals surface area (Å²) in [6.45, 7) is 2.05. The first-order chi connectivity index (χ1) is 9.16. The summed E-state index contributed by atoms with van der Waals surface area (Å²) in [7, 11) is 0. The average molecular weight is 250 g/mol. The smallest absolute Gasteiger partial charge is 0.249 e. The fourth-order valence-corrected chi connectivity index (χ4v) is 2.39. The molecule has 0 atom stereocenters. The van der Waals surface area contributed by atoms with Crippen LogP contribution in [0.5, 0.6) is 0 Å². The van der Waals surface area contributed by atoms with Crippen LogP contribution in [-0.4, -0.2) is 10.9 Å². The molecule has 0 saturated heterocycles. The second kappa shape index (κ2) is 4.28. The average Bonchev–Trinajstić information content (AvgIpc) is 2.81. The van der Waals surface area contributed by atoms with E-state index in [0.717, 1.165) is 22.0 Å². The Kier molecular flexibility index (Phi) is 2.60. The van der Waals surface area contributed by atoms with Crippen molar-refractivity contribution in [1.82, 2.24) is 4.98 Å². The third-order valence-electron chi connectivity index (χ3n) is 3.32. The van der Waals surface area contributed by atoms with E-state index in [0.29, 0.717) is 5.56 Å². The number of rotatable bonds is 2. The topological polar surface area (TPSA) is 58.9 Å². The van der Waals surface area contributed by atoms with Crippen LogP contribution in [0.2, 0.25) is 0 Å². The van der Waals surface area contributed by atoms with Gasteiger partial charge < -0.3 is 10.7 Å². The molecule has 1 aromatic heterocycles. The predicted octanol–water partition coefficient (Wildman–Crippen LogP) is 3.24. The molecule has 19 heavy (non-hydrogen) atoms. The zero-order valence-electron chi connectivity index (χ0n) is 10.6. The number of carbonyl (C=O) groups is 1. The van der Waals surface area contributed by atoms with Crippen LogP contribution in [0.15, 0.2) is 48.7 Å². The van der Waals surface area contributed by atoms with Crippen molar-refractivity contribution in [3.05, 3.63) is 59.8 Å². The van der Waals surface area contributed by atoms with Crippen molar-refractivity contribution < 1.29 is 4.79 Å². The van der Waals surface area contributed by atoms with E-state index in [2.05, 4.69) is 24.0 Å². The molecular formula is C16H14N2O. The van der Waals surface area contributed by atoms with Crippen LogP contribution < -0.4 is 5.73 Å². The normalized spacial score (nSPS) is 10.8. The lowest BCUT2D eigenvalue weighted by Gasteiger charge is -2.05. The molecule has 1 heterocycles. The van der Waals surface area contributed by atoms with Crippen LogP contribution in [0.4, 0.5) is 0 Å². The summed E-state index contributed by atoms with van der Waals surface area (Å²) in [5, 5.41) is 1.11. The molecule has 0 radical (unpaired) electrons. The minimum Gasteiger partial charge on any atom is -0.366 e. The molecule has 0 aliphatic rings. The van der Waals surface area contributed by atoms with Crippen LogP contribution in [-0.2, 0) is 0 Å². The van der Waals surface area contributed by atoms with Crippen LogP contribution >= 0.6 is 0 Å². The molecule has 3 aromatic rings. The Morgan fingerprint density at radius 1 is 1.11 bits per heavy atom. The monoisotopic (exact) mass is 250 g/mol. The molecule has 2 aromatic carbocycles. The largest absolute Gasteiger partial charge is 0.366 e. The molecule has 0 aliphatic carbocycles. The number of hydrogen-bond donors (Lipinski definition) is 2. The summed E-state index contributed by atoms with van der Waals surface area (Å²) in [4.78, 5) is 14.8. The van der Waals surface area contributed by atoms with Gasteiger partial charge in [0.25, 0.3) is 0 Å². The summed E-state index contributed by atoms with van der Waals surface area (Å²) < 4.78 is 0. The maximum atomic E-state index is 11.5. The molecule has 3 nitrogen and oxygen atoms in total. The van der Waals surface area contributed by atoms with Crippen molar-refractivity contribution in [2.24, 2.45) is 5.73 Å². The second-order valence-corrected chi connectivity index (χ2v) is 4.66. The van der Waals surface area contributed by atoms with E-state index in [1.54, 1.807) is 6.07 Å². The zero-order chi connectivity index (χ0) is 13.4. The lowest BCUT2D eigenvalue weighted by molar-refractivity contribution is 0.100. The molecule has 0 fully saturated rings. The van der Waals surface area contributed by atoms with Crippen LogP contribution in [0.1, 0.15) is 15.9 Å². The van der Waals surface area contributed by atoms with E-state index in [9.17, 15) is 4.79 Å². The molecule has 0 unspecified atom stereocenters. The number of aromatic amines is 1. The van der Waals surface area contributed by atoms with Crippen molar-refractivity contribution in [3.63, 3.8) is 0 Å². The van der Waals surface area contributed by atoms with Gasteiger partial charge in [0.2, 0.25) is 5.91 Å². The van der Waals surface area contributed by atoms with Gasteiger partial charge >= 0.3 is 0 Å². The highest BCUT2D eigenvalue weighted by Gasteiger charge is 2.12. The van der Waals surface area contributed by atoms with Gasteiger partial charge in [-0.2, -0.15) is 0 Å². The number of primary amides is 1. The molecule has 0 bridgehead atoms. The Balaban J connectivity index is 2.31. The molecule has 0 spiro atoms. The first kappa shape index (κ1) is 11.5. The Morgan fingerprint density at radius 2 is 1.89 bits per heavy atom. The van der Waals surface area contributed by atoms with E-state index in [1.165, 1.54) is 5.56 Å². The van der Waals surface area contributed by atoms with Gasteiger partial charge in [-0.3, -0.25) is 4.79 Å². The number of fused-ring (bicyclic) bond motifs is 1. The van der Waals surface area contributed by atoms with Gasteiger partial charge in [-0.1, -0.05) is 29.8 Å². The highest BCUT2D eigenvalue weighted by molar-refractivity contribution is 6.05. The number of aryl methyl sites for hydroxylation is 1. The van der Waals surface area contributed by atoms with Gasteiger partial charge in [0.1, 0.15) is 0 Å². The van der Waals surface area contributed by atoms with E-state index in [-0.39, 0.29) is 0 Å². The molecule has 0 saturated carbocycles. The van der Waals surface area contributed by atoms with Crippen molar-refractivity contribution >= 4 is 16.8 Å². The highest BCUT2D eigenvalue weighted by atomic mass is 16.1. The van der Waals surface area contributed by atoms with E-state index in [4.69, 9.17) is 5.73 Å². The number of nitrogens with one attached hydrogen (secondary N) is 1. The predicted molar refractivity (Wildman–Crippen MR) is 77.0 cm³/mol. The molecule has 94 valence electrons. The van der Waals surface area contributed by atoms with Gasteiger partial charge in [0.05, 0.1) is 0 Å². The first-order valence-electron chi connectivity index (χ1n) is 6.14. The number of carbonyl (C=O) groups excluding carboxylic acids is 1. The molecule has 3 heteroatoms. The fraction of sp³-hybridized carbons (Fsp3) is 0.0625. The zero-order valence-corrected chi connectivity index (χ0v) is 10.6. The maximum Gasteiger partial charge on any atom is 0.249 e. The van der Waals surface area contributed by atoms with Crippen molar-refractivity contribution in [3.8, 4) is 11.1 Å². The molecule has 0 aliphatic heterocycles. The summed E-state index contributed by atoms with van der Waals surface area (Å²) in [6.07, 6.45) is 1.92. The van der Waals surface area contributed by atoms with Crippen molar-refractivity contribution in [2.75, 3.05) is 0 Å². The lowest BCUT2D eigenvalue weighted by atomic mass is 9.98. The van der Waals surface area contributed by atoms with Crippen molar-refractivity contribution in [2.45, 2.75) is 6.92 Å². The summed E-state index contributed by atoms with van der Waals surface area (Å²) in [5.74, 6) is -0.405. The van der Waals surface area contributed by atoms with Crippen LogP contribution in [0.3, 0.4) is 0 Å². The summed E-state index contributed by atoms with van der Waals surface area (Å²) >= 11 is 0. The van der Waals surface area contributed by atoms with Crippen LogP contribution in [0.25, 0.3) is 22.0 Å². The Labute approximate surface area is 111 Å². The lowest BCUT2D eigenvalue weighted by Crippen LogP contribution is -2.12. The van der Waals surface area contributed by atoms with Gasteiger partial charge in [-0.05, 0) is 30.7 Å². The van der Waals surface area contributed by atoms with Crippen molar-refractivity contribution in [1.29, 1.82) is 0 Å². The Morgan fingerprint density at radius 3 is 2.68 bits per heavy atom. The molecular weight excluding hydrogens is 236 g/mol. The Bertz CT molecular complexity index is 771. The third kappa shape index (κ3) is 1.89. The maximum absolute atomic E-state index is 11.5. The number of nitrogens with two attached hydrogens (primary N) is 1. The second-order valence-electron chi connectivity index (χ2n) is 4.66. The molecule has 3 rings (SSSR count). The SMILES string of the molecule is Cc1ccc2[nH]cc(-c3ccccc3C(N)=O)c2c1. The Hall–Kier alpha value is -2.55. The number of benzene rings is 2. The number of H-pyrrole nitrogens is 1. The number of aromatic nitrogens is 1. The fourth-order valence-electron chi connectivity index (χ4n) is 2.39. The van der Waals surface area contributed by atoms with E-state index >= 15 is 0 Å². The van der Waals surface area contributed by atoms with E-state index in [1.807, 2.05) is 30.5 Å². The standard InChI is InChI=1S/C16H14N2O/c1-10-6-7-15-13(8-10)14(9-18-15)11-4-2-3-5-12(11)16(17)19/h2-9,18H,1H3,(H2,17,19). The van der Waals surface area contributed by atoms with Gasteiger partial charge in [0.15, 0.2) is 0 Å². The molecule has 1 amide bonds. The van der Waals surface area contributed by atoms with Crippen LogP contribution in [0, 0.1) is 6.92 Å². The van der Waals surface area contributed by atoms with Gasteiger partial charge in [-0.25, -0.2) is 0 Å². The van der Waals surface area contributed by atoms with Gasteiger partial charge in [-0.15, -0.1) is 0 Å². The third-order valence-corrected chi connectivity index (χ3v) is 3.32. The quantitative estimate of drug-likeness (QED) is 0.720. The molecule has 3 N–H and O–H groups in total. The van der Waals surface area contributed by atoms with Gasteiger partial charge in [0, 0.05) is 28.2 Å². The minimum atomic E-state index is -0.405. The number of amides is 1. The first-order valence-corrected chi connectivity index (χ1v) is 6.14.